The van der Waals surface area contributed by atoms with Gasteiger partial charge in [0.2, 0.25) is 10.0 Å². The topological polar surface area (TPSA) is 72.6 Å². The van der Waals surface area contributed by atoms with Crippen molar-refractivity contribution < 1.29 is 26.3 Å². The Balaban J connectivity index is 0.00000288. The van der Waals surface area contributed by atoms with Crippen molar-refractivity contribution in [3.63, 3.8) is 0 Å². The molecule has 1 aliphatic rings. The van der Waals surface area contributed by atoms with Gasteiger partial charge in [-0.1, -0.05) is 0 Å². The first-order valence-electron chi connectivity index (χ1n) is 7.12. The predicted octanol–water partition coefficient (Wildman–Crippen LogP) is 2.25. The minimum absolute atomic E-state index is 0. The Morgan fingerprint density at radius 2 is 1.88 bits per heavy atom. The minimum Gasteiger partial charge on any atom is -0.381 e. The molecule has 0 amide bonds. The lowest BCUT2D eigenvalue weighted by atomic mass is 10.0. The number of benzene rings is 1. The van der Waals surface area contributed by atoms with Crippen LogP contribution in [-0.2, 0) is 20.9 Å². The second-order valence-electron chi connectivity index (χ2n) is 5.41. The van der Waals surface area contributed by atoms with Gasteiger partial charge in [0.25, 0.3) is 0 Å². The fourth-order valence-electron chi connectivity index (χ4n) is 2.69. The van der Waals surface area contributed by atoms with E-state index in [1.165, 1.54) is 4.31 Å². The fourth-order valence-corrected chi connectivity index (χ4v) is 4.35. The molecule has 0 saturated carbocycles. The highest BCUT2D eigenvalue weighted by atomic mass is 35.5. The van der Waals surface area contributed by atoms with E-state index in [1.54, 1.807) is 7.11 Å². The number of nitrogens with zero attached hydrogens (tertiary/aromatic N) is 1. The van der Waals surface area contributed by atoms with Crippen molar-refractivity contribution in [3.8, 4) is 0 Å². The van der Waals surface area contributed by atoms with Crippen molar-refractivity contribution in [3.05, 3.63) is 29.8 Å². The zero-order valence-corrected chi connectivity index (χ0v) is 14.6. The fraction of sp³-hybridized carbons (Fsp3) is 0.571. The van der Waals surface area contributed by atoms with Gasteiger partial charge in [-0.05, 0) is 37.1 Å². The molecule has 1 saturated heterocycles. The van der Waals surface area contributed by atoms with Gasteiger partial charge in [0.15, 0.2) is 0 Å². The monoisotopic (exact) mass is 388 g/mol. The quantitative estimate of drug-likeness (QED) is 0.858. The SMILES string of the molecule is COC1CCN(S(=O)(=O)c2ccc(C(F)(F)F)cc2)C(CN)C1.Cl. The first kappa shape index (κ1) is 21.2. The molecule has 1 fully saturated rings. The lowest BCUT2D eigenvalue weighted by Crippen LogP contribution is -2.51. The first-order chi connectivity index (χ1) is 10.7. The number of nitrogens with two attached hydrogens (primary N) is 1. The van der Waals surface area contributed by atoms with Crippen LogP contribution >= 0.6 is 12.4 Å². The summed E-state index contributed by atoms with van der Waals surface area (Å²) in [7, 11) is -2.33. The van der Waals surface area contributed by atoms with Crippen LogP contribution in [0.4, 0.5) is 13.2 Å². The molecule has 1 aromatic carbocycles. The normalized spacial score (nSPS) is 22.9. The van der Waals surface area contributed by atoms with E-state index in [-0.39, 0.29) is 36.5 Å². The highest BCUT2D eigenvalue weighted by molar-refractivity contribution is 7.89. The Hall–Kier alpha value is -0.870. The van der Waals surface area contributed by atoms with Crippen LogP contribution in [0.2, 0.25) is 0 Å². The van der Waals surface area contributed by atoms with Gasteiger partial charge >= 0.3 is 6.18 Å². The Kier molecular flexibility index (Phi) is 7.06. The molecule has 0 radical (unpaired) electrons. The van der Waals surface area contributed by atoms with E-state index in [9.17, 15) is 21.6 Å². The second kappa shape index (κ2) is 8.01. The highest BCUT2D eigenvalue weighted by Gasteiger charge is 2.37. The van der Waals surface area contributed by atoms with Crippen molar-refractivity contribution >= 4 is 22.4 Å². The van der Waals surface area contributed by atoms with Gasteiger partial charge in [0, 0.05) is 26.2 Å². The van der Waals surface area contributed by atoms with Crippen molar-refractivity contribution in [2.24, 2.45) is 5.73 Å². The summed E-state index contributed by atoms with van der Waals surface area (Å²) in [6.07, 6.45) is -3.58. The Morgan fingerprint density at radius 1 is 1.29 bits per heavy atom. The summed E-state index contributed by atoms with van der Waals surface area (Å²) in [5.41, 5.74) is 4.77. The molecule has 2 atom stereocenters. The van der Waals surface area contributed by atoms with E-state index >= 15 is 0 Å². The number of piperidine rings is 1. The molecule has 1 aromatic rings. The van der Waals surface area contributed by atoms with E-state index in [0.29, 0.717) is 12.8 Å². The van der Waals surface area contributed by atoms with Crippen LogP contribution in [-0.4, -0.2) is 45.1 Å². The second-order valence-corrected chi connectivity index (χ2v) is 7.30. The van der Waals surface area contributed by atoms with Gasteiger partial charge < -0.3 is 10.5 Å². The largest absolute Gasteiger partial charge is 0.416 e. The van der Waals surface area contributed by atoms with Crippen molar-refractivity contribution in [2.45, 2.75) is 36.1 Å². The summed E-state index contributed by atoms with van der Waals surface area (Å²) in [6, 6.07) is 3.07. The summed E-state index contributed by atoms with van der Waals surface area (Å²) >= 11 is 0. The van der Waals surface area contributed by atoms with Crippen molar-refractivity contribution in [1.29, 1.82) is 0 Å². The summed E-state index contributed by atoms with van der Waals surface area (Å²) in [5.74, 6) is 0. The highest BCUT2D eigenvalue weighted by Crippen LogP contribution is 2.31. The zero-order valence-electron chi connectivity index (χ0n) is 13.0. The van der Waals surface area contributed by atoms with Gasteiger partial charge in [-0.25, -0.2) is 8.42 Å². The average Bonchev–Trinajstić information content (AvgIpc) is 2.53. The third kappa shape index (κ3) is 4.40. The van der Waals surface area contributed by atoms with E-state index in [4.69, 9.17) is 10.5 Å². The van der Waals surface area contributed by atoms with E-state index < -0.39 is 27.8 Å². The average molecular weight is 389 g/mol. The molecule has 0 bridgehead atoms. The summed E-state index contributed by atoms with van der Waals surface area (Å²) in [6.45, 7) is 0.351. The molecule has 2 unspecified atom stereocenters. The number of ether oxygens (including phenoxy) is 1. The zero-order chi connectivity index (χ0) is 17.3. The maximum Gasteiger partial charge on any atom is 0.416 e. The third-order valence-corrected chi connectivity index (χ3v) is 5.97. The molecule has 10 heteroatoms. The van der Waals surface area contributed by atoms with Crippen LogP contribution in [0.5, 0.6) is 0 Å². The Labute approximate surface area is 145 Å². The molecule has 2 rings (SSSR count). The van der Waals surface area contributed by atoms with Gasteiger partial charge in [0.05, 0.1) is 16.6 Å². The molecule has 138 valence electrons. The van der Waals surface area contributed by atoms with Gasteiger partial charge in [-0.3, -0.25) is 0 Å². The molecule has 0 aromatic heterocycles. The minimum atomic E-state index is -4.50. The number of sulfonamides is 1. The number of hydrogen-bond acceptors (Lipinski definition) is 4. The number of hydrogen-bond donors (Lipinski definition) is 1. The number of rotatable bonds is 4. The van der Waals surface area contributed by atoms with Gasteiger partial charge in [-0.15, -0.1) is 12.4 Å². The third-order valence-electron chi connectivity index (χ3n) is 4.01. The molecule has 1 aliphatic heterocycles. The molecule has 0 spiro atoms. The number of methoxy groups -OCH3 is 1. The molecular weight excluding hydrogens is 369 g/mol. The van der Waals surface area contributed by atoms with E-state index in [1.807, 2.05) is 0 Å². The van der Waals surface area contributed by atoms with Crippen LogP contribution < -0.4 is 5.73 Å². The van der Waals surface area contributed by atoms with Gasteiger partial charge in [-0.2, -0.15) is 17.5 Å². The summed E-state index contributed by atoms with van der Waals surface area (Å²) in [4.78, 5) is -0.167. The maximum atomic E-state index is 12.7. The lowest BCUT2D eigenvalue weighted by Gasteiger charge is -2.37. The van der Waals surface area contributed by atoms with Crippen LogP contribution in [0.1, 0.15) is 18.4 Å². The van der Waals surface area contributed by atoms with E-state index in [0.717, 1.165) is 24.3 Å². The summed E-state index contributed by atoms with van der Waals surface area (Å²) < 4.78 is 69.6. The number of halogens is 4. The van der Waals surface area contributed by atoms with E-state index in [2.05, 4.69) is 0 Å². The Bertz CT molecular complexity index is 638. The molecular formula is C14H20ClF3N2O3S. The first-order valence-corrected chi connectivity index (χ1v) is 8.56. The molecule has 5 nitrogen and oxygen atoms in total. The smallest absolute Gasteiger partial charge is 0.381 e. The van der Waals surface area contributed by atoms with Crippen LogP contribution in [0.15, 0.2) is 29.2 Å². The Morgan fingerprint density at radius 3 is 2.33 bits per heavy atom. The van der Waals surface area contributed by atoms with Gasteiger partial charge in [0.1, 0.15) is 0 Å². The predicted molar refractivity (Wildman–Crippen MR) is 85.5 cm³/mol. The lowest BCUT2D eigenvalue weighted by molar-refractivity contribution is -0.137. The standard InChI is InChI=1S/C14H19F3N2O3S.ClH/c1-22-12-6-7-19(11(8-12)9-18)23(20,21)13-4-2-10(3-5-13)14(15,16)17;/h2-5,11-12H,6-9,18H2,1H3;1H. The van der Waals surface area contributed by atoms with Crippen molar-refractivity contribution in [1.82, 2.24) is 4.31 Å². The molecule has 24 heavy (non-hydrogen) atoms. The molecule has 1 heterocycles. The van der Waals surface area contributed by atoms with Crippen LogP contribution in [0, 0.1) is 0 Å². The number of alkyl halides is 3. The van der Waals surface area contributed by atoms with Crippen molar-refractivity contribution in [2.75, 3.05) is 20.2 Å². The maximum absolute atomic E-state index is 12.7. The summed E-state index contributed by atoms with van der Waals surface area (Å²) in [5, 5.41) is 0. The molecule has 0 aliphatic carbocycles. The molecule has 2 N–H and O–H groups in total. The van der Waals surface area contributed by atoms with Crippen LogP contribution in [0.3, 0.4) is 0 Å². The van der Waals surface area contributed by atoms with Crippen LogP contribution in [0.25, 0.3) is 0 Å².